The van der Waals surface area contributed by atoms with E-state index in [1.54, 1.807) is 31.2 Å². The van der Waals surface area contributed by atoms with E-state index in [9.17, 15) is 14.4 Å². The number of carbonyl (C=O) groups is 3. The number of hydrogen-bond acceptors (Lipinski definition) is 5. The maximum atomic E-state index is 12.8. The minimum atomic E-state index is -0.877. The Bertz CT molecular complexity index is 941. The van der Waals surface area contributed by atoms with Crippen molar-refractivity contribution in [1.82, 2.24) is 4.90 Å². The average Bonchev–Trinajstić information content (AvgIpc) is 2.91. The van der Waals surface area contributed by atoms with Crippen molar-refractivity contribution in [1.29, 1.82) is 0 Å². The summed E-state index contributed by atoms with van der Waals surface area (Å²) < 4.78 is 11.3. The van der Waals surface area contributed by atoms with Gasteiger partial charge in [-0.15, -0.1) is 0 Å². The first kappa shape index (κ1) is 20.4. The van der Waals surface area contributed by atoms with Crippen LogP contribution in [-0.4, -0.2) is 42.5 Å². The molecule has 29 heavy (non-hydrogen) atoms. The molecule has 4 amide bonds. The summed E-state index contributed by atoms with van der Waals surface area (Å²) in [5.41, 5.74) is 2.37. The Morgan fingerprint density at radius 1 is 0.897 bits per heavy atom. The van der Waals surface area contributed by atoms with Gasteiger partial charge < -0.3 is 9.47 Å². The van der Waals surface area contributed by atoms with Crippen molar-refractivity contribution in [2.75, 3.05) is 24.7 Å². The van der Waals surface area contributed by atoms with Crippen molar-refractivity contribution < 1.29 is 23.9 Å². The van der Waals surface area contributed by atoms with Gasteiger partial charge in [0.25, 0.3) is 0 Å². The number of amides is 4. The van der Waals surface area contributed by atoms with Gasteiger partial charge in [0, 0.05) is 6.54 Å². The number of aryl methyl sites for hydroxylation is 2. The van der Waals surface area contributed by atoms with Gasteiger partial charge in [-0.3, -0.25) is 14.5 Å². The van der Waals surface area contributed by atoms with E-state index in [1.165, 1.54) is 0 Å². The zero-order valence-corrected chi connectivity index (χ0v) is 16.8. The summed E-state index contributed by atoms with van der Waals surface area (Å²) in [5, 5.41) is 0. The predicted molar refractivity (Wildman–Crippen MR) is 108 cm³/mol. The van der Waals surface area contributed by atoms with Crippen molar-refractivity contribution in [2.45, 2.75) is 27.2 Å². The molecule has 3 rings (SSSR count). The minimum Gasteiger partial charge on any atom is -0.493 e. The van der Waals surface area contributed by atoms with Crippen LogP contribution in [0.3, 0.4) is 0 Å². The third-order valence-electron chi connectivity index (χ3n) is 4.59. The van der Waals surface area contributed by atoms with Crippen molar-refractivity contribution >= 4 is 23.5 Å². The summed E-state index contributed by atoms with van der Waals surface area (Å²) in [6.45, 7) is 6.54. The quantitative estimate of drug-likeness (QED) is 0.388. The van der Waals surface area contributed by atoms with E-state index in [-0.39, 0.29) is 12.2 Å². The lowest BCUT2D eigenvalue weighted by Gasteiger charge is -2.18. The molecule has 0 aliphatic carbocycles. The second-order valence-electron chi connectivity index (χ2n) is 6.75. The number of hydrogen-bond donors (Lipinski definition) is 0. The first-order valence-electron chi connectivity index (χ1n) is 9.55. The van der Waals surface area contributed by atoms with Gasteiger partial charge in [0.05, 0.1) is 18.9 Å². The summed E-state index contributed by atoms with van der Waals surface area (Å²) >= 11 is 0. The molecule has 7 heteroatoms. The van der Waals surface area contributed by atoms with Crippen LogP contribution in [0.2, 0.25) is 0 Å². The van der Waals surface area contributed by atoms with Gasteiger partial charge in [-0.25, -0.2) is 9.69 Å². The maximum absolute atomic E-state index is 12.8. The van der Waals surface area contributed by atoms with E-state index < -0.39 is 17.8 Å². The van der Waals surface area contributed by atoms with Crippen LogP contribution in [0.1, 0.15) is 24.5 Å². The van der Waals surface area contributed by atoms with Gasteiger partial charge in [0.2, 0.25) is 0 Å². The Hall–Kier alpha value is -3.35. The Labute approximate surface area is 169 Å². The van der Waals surface area contributed by atoms with E-state index in [0.29, 0.717) is 25.4 Å². The predicted octanol–water partition coefficient (Wildman–Crippen LogP) is 3.47. The van der Waals surface area contributed by atoms with E-state index in [4.69, 9.17) is 9.47 Å². The average molecular weight is 396 g/mol. The van der Waals surface area contributed by atoms with Crippen LogP contribution in [0.4, 0.5) is 10.5 Å². The van der Waals surface area contributed by atoms with Crippen LogP contribution in [0.25, 0.3) is 0 Å². The number of carbonyl (C=O) groups excluding carboxylic acids is 3. The smallest absolute Gasteiger partial charge is 0.339 e. The molecule has 2 aromatic carbocycles. The van der Waals surface area contributed by atoms with Crippen molar-refractivity contribution in [3.63, 3.8) is 0 Å². The van der Waals surface area contributed by atoms with Gasteiger partial charge >= 0.3 is 17.8 Å². The SMILES string of the molecule is CCOc1ccccc1N1C(=O)C(=O)N(CCCOc2cc(C)ccc2C)C1=O. The van der Waals surface area contributed by atoms with Crippen molar-refractivity contribution in [3.8, 4) is 11.5 Å². The Kier molecular flexibility index (Phi) is 6.16. The third-order valence-corrected chi connectivity index (χ3v) is 4.59. The zero-order valence-electron chi connectivity index (χ0n) is 16.8. The lowest BCUT2D eigenvalue weighted by Crippen LogP contribution is -2.34. The molecule has 0 bridgehead atoms. The molecule has 1 heterocycles. The van der Waals surface area contributed by atoms with Crippen LogP contribution < -0.4 is 14.4 Å². The number of imide groups is 2. The van der Waals surface area contributed by atoms with Crippen molar-refractivity contribution in [2.24, 2.45) is 0 Å². The highest BCUT2D eigenvalue weighted by molar-refractivity contribution is 6.53. The summed E-state index contributed by atoms with van der Waals surface area (Å²) in [6.07, 6.45) is 0.416. The topological polar surface area (TPSA) is 76.2 Å². The molecule has 1 fully saturated rings. The molecular formula is C22H24N2O5. The number of benzene rings is 2. The molecule has 152 valence electrons. The molecule has 1 aliphatic heterocycles. The number of rotatable bonds is 8. The van der Waals surface area contributed by atoms with Gasteiger partial charge in [0.15, 0.2) is 0 Å². The third kappa shape index (κ3) is 4.23. The fourth-order valence-electron chi connectivity index (χ4n) is 3.10. The fraction of sp³-hybridized carbons (Fsp3) is 0.318. The second kappa shape index (κ2) is 8.77. The minimum absolute atomic E-state index is 0.0988. The molecule has 0 unspecified atom stereocenters. The molecule has 1 saturated heterocycles. The molecule has 7 nitrogen and oxygen atoms in total. The standard InChI is InChI=1S/C22H24N2O5/c1-4-28-18-9-6-5-8-17(18)24-21(26)20(25)23(22(24)27)12-7-13-29-19-14-15(2)10-11-16(19)3/h5-6,8-11,14H,4,7,12-13H2,1-3H3. The van der Waals surface area contributed by atoms with Crippen molar-refractivity contribution in [3.05, 3.63) is 53.6 Å². The number of urea groups is 1. The normalized spacial score (nSPS) is 14.0. The van der Waals surface area contributed by atoms with E-state index in [2.05, 4.69) is 0 Å². The highest BCUT2D eigenvalue weighted by atomic mass is 16.5. The van der Waals surface area contributed by atoms with Crippen LogP contribution in [0.15, 0.2) is 42.5 Å². The number of anilines is 1. The molecular weight excluding hydrogens is 372 g/mol. The summed E-state index contributed by atoms with van der Waals surface area (Å²) in [5.74, 6) is -0.567. The number of ether oxygens (including phenoxy) is 2. The molecule has 1 aliphatic rings. The second-order valence-corrected chi connectivity index (χ2v) is 6.75. The van der Waals surface area contributed by atoms with Gasteiger partial charge in [-0.05, 0) is 56.5 Å². The van der Waals surface area contributed by atoms with E-state index in [1.807, 2.05) is 32.0 Å². The number of para-hydroxylation sites is 2. The summed E-state index contributed by atoms with van der Waals surface area (Å²) in [7, 11) is 0. The van der Waals surface area contributed by atoms with Gasteiger partial charge in [0.1, 0.15) is 11.5 Å². The van der Waals surface area contributed by atoms with Crippen LogP contribution in [0, 0.1) is 13.8 Å². The van der Waals surface area contributed by atoms with Crippen LogP contribution in [0.5, 0.6) is 11.5 Å². The molecule has 0 N–H and O–H groups in total. The highest BCUT2D eigenvalue weighted by Crippen LogP contribution is 2.31. The lowest BCUT2D eigenvalue weighted by atomic mass is 10.1. The van der Waals surface area contributed by atoms with Gasteiger partial charge in [-0.2, -0.15) is 0 Å². The van der Waals surface area contributed by atoms with Gasteiger partial charge in [-0.1, -0.05) is 24.3 Å². The van der Waals surface area contributed by atoms with E-state index in [0.717, 1.165) is 26.7 Å². The Morgan fingerprint density at radius 3 is 2.41 bits per heavy atom. The molecule has 2 aromatic rings. The largest absolute Gasteiger partial charge is 0.493 e. The fourth-order valence-corrected chi connectivity index (χ4v) is 3.10. The van der Waals surface area contributed by atoms with E-state index >= 15 is 0 Å². The first-order chi connectivity index (χ1) is 13.9. The lowest BCUT2D eigenvalue weighted by molar-refractivity contribution is -0.139. The first-order valence-corrected chi connectivity index (χ1v) is 9.55. The Balaban J connectivity index is 1.66. The Morgan fingerprint density at radius 2 is 1.66 bits per heavy atom. The maximum Gasteiger partial charge on any atom is 0.339 e. The molecule has 0 radical (unpaired) electrons. The molecule has 0 aromatic heterocycles. The summed E-state index contributed by atoms with van der Waals surface area (Å²) in [4.78, 5) is 39.4. The molecule has 0 saturated carbocycles. The highest BCUT2D eigenvalue weighted by Gasteiger charge is 2.45. The summed E-state index contributed by atoms with van der Waals surface area (Å²) in [6, 6.07) is 11.9. The zero-order chi connectivity index (χ0) is 21.0. The monoisotopic (exact) mass is 396 g/mol. The molecule has 0 atom stereocenters. The molecule has 0 spiro atoms. The van der Waals surface area contributed by atoms with Crippen LogP contribution >= 0.6 is 0 Å². The number of nitrogens with zero attached hydrogens (tertiary/aromatic N) is 2. The van der Waals surface area contributed by atoms with Crippen LogP contribution in [-0.2, 0) is 9.59 Å².